The van der Waals surface area contributed by atoms with E-state index < -0.39 is 10.0 Å². The number of nitrogens with one attached hydrogen (secondary N) is 1. The van der Waals surface area contributed by atoms with Crippen molar-refractivity contribution in [3.63, 3.8) is 0 Å². The molecule has 7 heteroatoms. The van der Waals surface area contributed by atoms with Gasteiger partial charge in [-0.2, -0.15) is 0 Å². The van der Waals surface area contributed by atoms with Crippen LogP contribution in [0.25, 0.3) is 0 Å². The predicted molar refractivity (Wildman–Crippen MR) is 113 cm³/mol. The molecule has 0 spiro atoms. The second-order valence-corrected chi connectivity index (χ2v) is 10.4. The van der Waals surface area contributed by atoms with Gasteiger partial charge >= 0.3 is 0 Å². The standard InChI is InChI=1S/C21H33N3O3S/c1-16-10-13-23(14-11-16)20-8-6-18(7-9-20)17(2)22-21(25)19-5-4-12-24(15-19)28(3,26)27/h6-9,16-17,19H,4-5,10-15H2,1-3H3,(H,22,25). The van der Waals surface area contributed by atoms with Crippen LogP contribution in [0.15, 0.2) is 24.3 Å². The van der Waals surface area contributed by atoms with Gasteiger partial charge in [0.05, 0.1) is 18.2 Å². The van der Waals surface area contributed by atoms with Gasteiger partial charge in [-0.3, -0.25) is 4.79 Å². The maximum atomic E-state index is 12.7. The Balaban J connectivity index is 1.56. The maximum absolute atomic E-state index is 12.7. The van der Waals surface area contributed by atoms with Gasteiger partial charge in [0.25, 0.3) is 0 Å². The molecule has 2 saturated heterocycles. The Morgan fingerprint density at radius 1 is 1.11 bits per heavy atom. The van der Waals surface area contributed by atoms with Crippen molar-refractivity contribution in [1.82, 2.24) is 9.62 Å². The zero-order valence-electron chi connectivity index (χ0n) is 17.2. The van der Waals surface area contributed by atoms with E-state index in [0.717, 1.165) is 37.4 Å². The van der Waals surface area contributed by atoms with Crippen molar-refractivity contribution in [3.8, 4) is 0 Å². The third kappa shape index (κ3) is 5.26. The number of nitrogens with zero attached hydrogens (tertiary/aromatic N) is 2. The number of benzene rings is 1. The number of hydrogen-bond donors (Lipinski definition) is 1. The van der Waals surface area contributed by atoms with Crippen molar-refractivity contribution < 1.29 is 13.2 Å². The quantitative estimate of drug-likeness (QED) is 0.815. The van der Waals surface area contributed by atoms with Crippen LogP contribution < -0.4 is 10.2 Å². The molecule has 2 fully saturated rings. The molecule has 1 aromatic rings. The van der Waals surface area contributed by atoms with Crippen molar-refractivity contribution in [2.75, 3.05) is 37.3 Å². The van der Waals surface area contributed by atoms with Crippen LogP contribution in [0.3, 0.4) is 0 Å². The van der Waals surface area contributed by atoms with E-state index in [9.17, 15) is 13.2 Å². The lowest BCUT2D eigenvalue weighted by Crippen LogP contribution is -2.45. The molecule has 28 heavy (non-hydrogen) atoms. The fraction of sp³-hybridized carbons (Fsp3) is 0.667. The van der Waals surface area contributed by atoms with Gasteiger partial charge in [0.1, 0.15) is 0 Å². The molecule has 1 amide bonds. The summed E-state index contributed by atoms with van der Waals surface area (Å²) in [4.78, 5) is 15.1. The van der Waals surface area contributed by atoms with Gasteiger partial charge in [-0.1, -0.05) is 19.1 Å². The molecule has 156 valence electrons. The molecule has 0 bridgehead atoms. The molecule has 2 heterocycles. The molecule has 3 rings (SSSR count). The van der Waals surface area contributed by atoms with E-state index in [2.05, 4.69) is 41.4 Å². The van der Waals surface area contributed by atoms with Crippen LogP contribution in [0.2, 0.25) is 0 Å². The summed E-state index contributed by atoms with van der Waals surface area (Å²) in [6.45, 7) is 7.29. The van der Waals surface area contributed by atoms with Crippen molar-refractivity contribution >= 4 is 21.6 Å². The topological polar surface area (TPSA) is 69.7 Å². The maximum Gasteiger partial charge on any atom is 0.224 e. The van der Waals surface area contributed by atoms with Crippen LogP contribution in [-0.4, -0.2) is 51.1 Å². The minimum absolute atomic E-state index is 0.0602. The van der Waals surface area contributed by atoms with E-state index in [4.69, 9.17) is 0 Å². The largest absolute Gasteiger partial charge is 0.372 e. The Morgan fingerprint density at radius 3 is 2.36 bits per heavy atom. The fourth-order valence-electron chi connectivity index (χ4n) is 4.11. The number of carbonyl (C=O) groups is 1. The Morgan fingerprint density at radius 2 is 1.75 bits per heavy atom. The molecule has 0 saturated carbocycles. The zero-order chi connectivity index (χ0) is 20.3. The summed E-state index contributed by atoms with van der Waals surface area (Å²) in [7, 11) is -3.24. The molecule has 0 aromatic heterocycles. The second kappa shape index (κ2) is 8.82. The lowest BCUT2D eigenvalue weighted by atomic mass is 9.97. The monoisotopic (exact) mass is 407 g/mol. The minimum atomic E-state index is -3.24. The summed E-state index contributed by atoms with van der Waals surface area (Å²) in [6.07, 6.45) is 5.14. The smallest absolute Gasteiger partial charge is 0.224 e. The summed E-state index contributed by atoms with van der Waals surface area (Å²) in [5, 5.41) is 3.07. The van der Waals surface area contributed by atoms with Crippen molar-refractivity contribution in [3.05, 3.63) is 29.8 Å². The first-order chi connectivity index (χ1) is 13.2. The van der Waals surface area contributed by atoms with Crippen LogP contribution in [0.5, 0.6) is 0 Å². The highest BCUT2D eigenvalue weighted by Crippen LogP contribution is 2.25. The molecule has 2 atom stereocenters. The first-order valence-electron chi connectivity index (χ1n) is 10.3. The Hall–Kier alpha value is -1.60. The molecule has 6 nitrogen and oxygen atoms in total. The van der Waals surface area contributed by atoms with Crippen LogP contribution in [-0.2, 0) is 14.8 Å². The second-order valence-electron chi connectivity index (χ2n) is 8.45. The van der Waals surface area contributed by atoms with E-state index in [-0.39, 0.29) is 24.4 Å². The number of anilines is 1. The molecule has 2 unspecified atom stereocenters. The number of rotatable bonds is 5. The molecule has 2 aliphatic heterocycles. The van der Waals surface area contributed by atoms with E-state index in [1.165, 1.54) is 29.1 Å². The molecule has 1 aromatic carbocycles. The number of amides is 1. The Labute approximate surface area is 169 Å². The Kier molecular flexibility index (Phi) is 6.65. The molecular weight excluding hydrogens is 374 g/mol. The number of carbonyl (C=O) groups excluding carboxylic acids is 1. The first-order valence-corrected chi connectivity index (χ1v) is 12.2. The fourth-order valence-corrected chi connectivity index (χ4v) is 5.02. The predicted octanol–water partition coefficient (Wildman–Crippen LogP) is 2.77. The van der Waals surface area contributed by atoms with Gasteiger partial charge in [-0.05, 0) is 56.2 Å². The average Bonchev–Trinajstić information content (AvgIpc) is 2.68. The van der Waals surface area contributed by atoms with Crippen molar-refractivity contribution in [1.29, 1.82) is 0 Å². The lowest BCUT2D eigenvalue weighted by Gasteiger charge is -2.32. The molecular formula is C21H33N3O3S. The summed E-state index contributed by atoms with van der Waals surface area (Å²) in [6, 6.07) is 8.35. The van der Waals surface area contributed by atoms with Gasteiger partial charge in [0, 0.05) is 31.9 Å². The average molecular weight is 408 g/mol. The van der Waals surface area contributed by atoms with E-state index in [0.29, 0.717) is 6.54 Å². The summed E-state index contributed by atoms with van der Waals surface area (Å²) < 4.78 is 25.0. The SMILES string of the molecule is CC1CCN(c2ccc(C(C)NC(=O)C3CCCN(S(C)(=O)=O)C3)cc2)CC1. The van der Waals surface area contributed by atoms with Gasteiger partial charge in [0.2, 0.25) is 15.9 Å². The zero-order valence-corrected chi connectivity index (χ0v) is 18.0. The van der Waals surface area contributed by atoms with Gasteiger partial charge in [-0.25, -0.2) is 12.7 Å². The first kappa shape index (κ1) is 21.1. The number of piperidine rings is 2. The third-order valence-corrected chi connectivity index (χ3v) is 7.39. The van der Waals surface area contributed by atoms with E-state index in [1.807, 2.05) is 6.92 Å². The molecule has 2 aliphatic rings. The molecule has 0 radical (unpaired) electrons. The van der Waals surface area contributed by atoms with E-state index >= 15 is 0 Å². The van der Waals surface area contributed by atoms with Crippen LogP contribution in [0, 0.1) is 11.8 Å². The highest BCUT2D eigenvalue weighted by atomic mass is 32.2. The highest BCUT2D eigenvalue weighted by Gasteiger charge is 2.30. The third-order valence-electron chi connectivity index (χ3n) is 6.12. The van der Waals surface area contributed by atoms with E-state index in [1.54, 1.807) is 0 Å². The normalized spacial score (nSPS) is 23.4. The summed E-state index contributed by atoms with van der Waals surface area (Å²) in [5.41, 5.74) is 2.31. The van der Waals surface area contributed by atoms with Crippen molar-refractivity contribution in [2.24, 2.45) is 11.8 Å². The van der Waals surface area contributed by atoms with Gasteiger partial charge in [-0.15, -0.1) is 0 Å². The van der Waals surface area contributed by atoms with Crippen LogP contribution in [0.1, 0.15) is 51.1 Å². The number of hydrogen-bond acceptors (Lipinski definition) is 4. The van der Waals surface area contributed by atoms with Crippen LogP contribution in [0.4, 0.5) is 5.69 Å². The van der Waals surface area contributed by atoms with Crippen molar-refractivity contribution in [2.45, 2.75) is 45.6 Å². The van der Waals surface area contributed by atoms with Gasteiger partial charge in [0.15, 0.2) is 0 Å². The minimum Gasteiger partial charge on any atom is -0.372 e. The summed E-state index contributed by atoms with van der Waals surface area (Å²) >= 11 is 0. The number of sulfonamides is 1. The van der Waals surface area contributed by atoms with Gasteiger partial charge < -0.3 is 10.2 Å². The Bertz CT molecular complexity index is 771. The van der Waals surface area contributed by atoms with Crippen LogP contribution >= 0.6 is 0 Å². The summed E-state index contributed by atoms with van der Waals surface area (Å²) in [5.74, 6) is 0.472. The molecule has 0 aliphatic carbocycles. The lowest BCUT2D eigenvalue weighted by molar-refractivity contribution is -0.126. The highest BCUT2D eigenvalue weighted by molar-refractivity contribution is 7.88. The molecule has 1 N–H and O–H groups in total.